The van der Waals surface area contributed by atoms with E-state index in [1.165, 1.54) is 62.7 Å². The van der Waals surface area contributed by atoms with E-state index in [2.05, 4.69) is 112 Å². The van der Waals surface area contributed by atoms with Gasteiger partial charge in [-0.15, -0.1) is 0 Å². The molecule has 0 N–H and O–H groups in total. The Morgan fingerprint density at radius 1 is 0.531 bits per heavy atom. The second-order valence-corrected chi connectivity index (χ2v) is 11.6. The average molecular weight is 435 g/mol. The lowest BCUT2D eigenvalue weighted by molar-refractivity contribution is 0.0508. The Morgan fingerprint density at radius 2 is 0.875 bits per heavy atom. The normalized spacial score (nSPS) is 23.3. The highest BCUT2D eigenvalue weighted by Gasteiger charge is 2.32. The summed E-state index contributed by atoms with van der Waals surface area (Å²) in [4.78, 5) is 5.32. The van der Waals surface area contributed by atoms with Crippen molar-refractivity contribution >= 4 is 0 Å². The minimum Gasteiger partial charge on any atom is -0.291 e. The second kappa shape index (κ2) is 11.0. The van der Waals surface area contributed by atoms with Crippen molar-refractivity contribution in [3.05, 3.63) is 71.8 Å². The maximum atomic E-state index is 2.66. The molecule has 2 atom stereocenters. The Hall–Kier alpha value is -1.64. The molecule has 2 heteroatoms. The molecule has 2 aliphatic heterocycles. The zero-order valence-electron chi connectivity index (χ0n) is 21.5. The topological polar surface area (TPSA) is 6.48 Å². The Balaban J connectivity index is 0.000000181. The Kier molecular flexibility index (Phi) is 8.58. The molecule has 4 rings (SSSR count). The molecule has 2 aromatic rings. The van der Waals surface area contributed by atoms with Crippen molar-refractivity contribution in [2.45, 2.75) is 103 Å². The van der Waals surface area contributed by atoms with Crippen LogP contribution in [0.4, 0.5) is 0 Å². The van der Waals surface area contributed by atoms with Crippen LogP contribution in [-0.4, -0.2) is 34.0 Å². The molecular formula is C30H46N2. The van der Waals surface area contributed by atoms with Crippen LogP contribution in [0.15, 0.2) is 60.7 Å². The highest BCUT2D eigenvalue weighted by molar-refractivity contribution is 5.21. The number of piperidine rings is 2. The smallest absolute Gasteiger partial charge is 0.0353 e. The molecule has 0 aromatic heterocycles. The van der Waals surface area contributed by atoms with Crippen LogP contribution in [0.3, 0.4) is 0 Å². The van der Waals surface area contributed by atoms with Gasteiger partial charge in [0.25, 0.3) is 0 Å². The van der Waals surface area contributed by atoms with Crippen LogP contribution in [0.1, 0.15) is 103 Å². The monoisotopic (exact) mass is 434 g/mol. The molecule has 2 saturated heterocycles. The molecule has 0 radical (unpaired) electrons. The first-order chi connectivity index (χ1) is 15.2. The Morgan fingerprint density at radius 3 is 1.19 bits per heavy atom. The third-order valence-corrected chi connectivity index (χ3v) is 7.10. The molecule has 0 aliphatic carbocycles. The van der Waals surface area contributed by atoms with E-state index in [1.54, 1.807) is 0 Å². The fourth-order valence-electron chi connectivity index (χ4n) is 5.51. The summed E-state index contributed by atoms with van der Waals surface area (Å²) in [6.07, 6.45) is 8.04. The second-order valence-electron chi connectivity index (χ2n) is 11.6. The minimum atomic E-state index is 0.279. The zero-order chi connectivity index (χ0) is 23.2. The van der Waals surface area contributed by atoms with E-state index in [0.29, 0.717) is 12.1 Å². The highest BCUT2D eigenvalue weighted by Crippen LogP contribution is 2.36. The van der Waals surface area contributed by atoms with Crippen LogP contribution in [0, 0.1) is 0 Å². The maximum Gasteiger partial charge on any atom is 0.0353 e. The summed E-state index contributed by atoms with van der Waals surface area (Å²) in [5.74, 6) is 0. The number of hydrogen-bond donors (Lipinski definition) is 0. The van der Waals surface area contributed by atoms with Crippen LogP contribution < -0.4 is 0 Å². The molecule has 32 heavy (non-hydrogen) atoms. The zero-order valence-corrected chi connectivity index (χ0v) is 21.5. The average Bonchev–Trinajstić information content (AvgIpc) is 2.80. The first kappa shape index (κ1) is 25.0. The third kappa shape index (κ3) is 6.68. The molecule has 176 valence electrons. The van der Waals surface area contributed by atoms with E-state index in [1.807, 2.05) is 0 Å². The van der Waals surface area contributed by atoms with Gasteiger partial charge in [0, 0.05) is 23.2 Å². The quantitative estimate of drug-likeness (QED) is 0.472. The summed E-state index contributed by atoms with van der Waals surface area (Å²) >= 11 is 0. The molecule has 2 aliphatic rings. The summed E-state index contributed by atoms with van der Waals surface area (Å²) in [6, 6.07) is 23.2. The highest BCUT2D eigenvalue weighted by atomic mass is 15.2. The molecule has 2 aromatic carbocycles. The summed E-state index contributed by atoms with van der Waals surface area (Å²) in [7, 11) is 0. The van der Waals surface area contributed by atoms with Crippen molar-refractivity contribution in [2.75, 3.05) is 13.1 Å². The SMILES string of the molecule is CC(C)(C)N1CCCC[C@@H]1c1ccccc1.CC(C)(C)N1CCCC[C@@H]1c1ccccc1. The van der Waals surface area contributed by atoms with Crippen molar-refractivity contribution in [2.24, 2.45) is 0 Å². The van der Waals surface area contributed by atoms with Gasteiger partial charge in [-0.05, 0) is 91.4 Å². The van der Waals surface area contributed by atoms with E-state index < -0.39 is 0 Å². The molecule has 0 spiro atoms. The van der Waals surface area contributed by atoms with Gasteiger partial charge in [0.2, 0.25) is 0 Å². The van der Waals surface area contributed by atoms with Gasteiger partial charge in [-0.2, -0.15) is 0 Å². The van der Waals surface area contributed by atoms with E-state index in [9.17, 15) is 0 Å². The van der Waals surface area contributed by atoms with Crippen LogP contribution in [-0.2, 0) is 0 Å². The summed E-state index contributed by atoms with van der Waals surface area (Å²) in [5.41, 5.74) is 3.52. The van der Waals surface area contributed by atoms with E-state index in [0.717, 1.165) is 0 Å². The molecular weight excluding hydrogens is 388 g/mol. The first-order valence-electron chi connectivity index (χ1n) is 12.8. The van der Waals surface area contributed by atoms with E-state index in [4.69, 9.17) is 0 Å². The number of rotatable bonds is 2. The van der Waals surface area contributed by atoms with Crippen LogP contribution in [0.2, 0.25) is 0 Å². The Bertz CT molecular complexity index is 716. The van der Waals surface area contributed by atoms with Gasteiger partial charge >= 0.3 is 0 Å². The van der Waals surface area contributed by atoms with Crippen LogP contribution in [0.5, 0.6) is 0 Å². The van der Waals surface area contributed by atoms with E-state index >= 15 is 0 Å². The van der Waals surface area contributed by atoms with Gasteiger partial charge in [0.05, 0.1) is 0 Å². The van der Waals surface area contributed by atoms with Crippen molar-refractivity contribution in [3.8, 4) is 0 Å². The number of benzene rings is 2. The first-order valence-corrected chi connectivity index (χ1v) is 12.8. The fourth-order valence-corrected chi connectivity index (χ4v) is 5.51. The largest absolute Gasteiger partial charge is 0.291 e. The van der Waals surface area contributed by atoms with Gasteiger partial charge < -0.3 is 0 Å². The lowest BCUT2D eigenvalue weighted by Crippen LogP contribution is -2.46. The Labute approximate surface area is 198 Å². The summed E-state index contributed by atoms with van der Waals surface area (Å²) in [6.45, 7) is 16.4. The summed E-state index contributed by atoms with van der Waals surface area (Å²) < 4.78 is 0. The predicted molar refractivity (Wildman–Crippen MR) is 139 cm³/mol. The van der Waals surface area contributed by atoms with Crippen LogP contribution >= 0.6 is 0 Å². The predicted octanol–water partition coefficient (Wildman–Crippen LogP) is 8.02. The summed E-state index contributed by atoms with van der Waals surface area (Å²) in [5, 5.41) is 0. The van der Waals surface area contributed by atoms with Gasteiger partial charge in [-0.1, -0.05) is 73.5 Å². The van der Waals surface area contributed by atoms with Crippen LogP contribution in [0.25, 0.3) is 0 Å². The van der Waals surface area contributed by atoms with Crippen molar-refractivity contribution in [1.29, 1.82) is 0 Å². The number of nitrogens with zero attached hydrogens (tertiary/aromatic N) is 2. The number of hydrogen-bond acceptors (Lipinski definition) is 2. The van der Waals surface area contributed by atoms with E-state index in [-0.39, 0.29) is 11.1 Å². The molecule has 2 nitrogen and oxygen atoms in total. The number of likely N-dealkylation sites (tertiary alicyclic amines) is 2. The third-order valence-electron chi connectivity index (χ3n) is 7.10. The van der Waals surface area contributed by atoms with Crippen molar-refractivity contribution in [1.82, 2.24) is 9.80 Å². The van der Waals surface area contributed by atoms with Crippen molar-refractivity contribution < 1.29 is 0 Å². The molecule has 2 heterocycles. The molecule has 0 amide bonds. The van der Waals surface area contributed by atoms with Gasteiger partial charge in [-0.3, -0.25) is 9.80 Å². The van der Waals surface area contributed by atoms with Gasteiger partial charge in [0.1, 0.15) is 0 Å². The van der Waals surface area contributed by atoms with Gasteiger partial charge in [-0.25, -0.2) is 0 Å². The molecule has 0 bridgehead atoms. The molecule has 2 fully saturated rings. The lowest BCUT2D eigenvalue weighted by atomic mass is 9.90. The van der Waals surface area contributed by atoms with Crippen molar-refractivity contribution in [3.63, 3.8) is 0 Å². The maximum absolute atomic E-state index is 2.66. The minimum absolute atomic E-state index is 0.279. The fraction of sp³-hybridized carbons (Fsp3) is 0.600. The lowest BCUT2D eigenvalue weighted by Gasteiger charge is -2.45. The molecule has 0 saturated carbocycles. The molecule has 0 unspecified atom stereocenters. The van der Waals surface area contributed by atoms with Gasteiger partial charge in [0.15, 0.2) is 0 Å². The standard InChI is InChI=1S/2C15H23N/c2*1-15(2,3)16-12-8-7-11-14(16)13-9-5-4-6-10-13/h2*4-6,9-10,14H,7-8,11-12H2,1-3H3/t2*14-/m11/s1.